The average molecular weight is 602 g/mol. The number of halogens is 2. The number of nitrogens with zero attached hydrogens (tertiary/aromatic N) is 5. The Hall–Kier alpha value is -4.63. The Morgan fingerprint density at radius 2 is 1.98 bits per heavy atom. The Bertz CT molecular complexity index is 1760. The summed E-state index contributed by atoms with van der Waals surface area (Å²) in [7, 11) is 0. The number of rotatable bonds is 5. The quantitative estimate of drug-likeness (QED) is 0.267. The average Bonchev–Trinajstić information content (AvgIpc) is 3.43. The molecule has 10 nitrogen and oxygen atoms in total. The summed E-state index contributed by atoms with van der Waals surface area (Å²) in [5.74, 6) is 4.57. The van der Waals surface area contributed by atoms with Crippen molar-refractivity contribution >= 4 is 50.4 Å². The van der Waals surface area contributed by atoms with E-state index < -0.39 is 17.8 Å². The number of primary amides is 1. The Kier molecular flexibility index (Phi) is 6.51. The maximum atomic E-state index is 13.5. The summed E-state index contributed by atoms with van der Waals surface area (Å²) in [4.78, 5) is 48.7. The number of fused-ring (bicyclic) bond motifs is 2. The Labute approximate surface area is 235 Å². The summed E-state index contributed by atoms with van der Waals surface area (Å²) in [5, 5.41) is 7.56. The number of aromatic nitrogens is 4. The lowest BCUT2D eigenvalue weighted by Gasteiger charge is -2.26. The molecule has 40 heavy (non-hydrogen) atoms. The molecule has 0 bridgehead atoms. The van der Waals surface area contributed by atoms with Gasteiger partial charge in [0.15, 0.2) is 5.69 Å². The van der Waals surface area contributed by atoms with Crippen LogP contribution in [0.4, 0.5) is 10.2 Å². The highest BCUT2D eigenvalue weighted by molar-refractivity contribution is 9.10. The summed E-state index contributed by atoms with van der Waals surface area (Å²) >= 11 is 3.29. The van der Waals surface area contributed by atoms with Crippen molar-refractivity contribution in [2.45, 2.75) is 31.5 Å². The predicted octanol–water partition coefficient (Wildman–Crippen LogP) is 2.85. The first-order chi connectivity index (χ1) is 19.3. The number of carbonyl (C=O) groups excluding carboxylic acids is 3. The van der Waals surface area contributed by atoms with E-state index >= 15 is 0 Å². The van der Waals surface area contributed by atoms with Crippen LogP contribution in [0.15, 0.2) is 59.3 Å². The largest absolute Gasteiger partial charge is 0.364 e. The number of likely N-dealkylation sites (tertiary alicyclic amines) is 1. The number of benzene rings is 1. The number of nitrogens with one attached hydrogen (secondary N) is 1. The van der Waals surface area contributed by atoms with E-state index in [4.69, 9.17) is 5.73 Å². The van der Waals surface area contributed by atoms with Gasteiger partial charge in [-0.2, -0.15) is 5.10 Å². The van der Waals surface area contributed by atoms with E-state index in [-0.39, 0.29) is 41.7 Å². The molecule has 0 radical (unpaired) electrons. The van der Waals surface area contributed by atoms with Gasteiger partial charge in [0.1, 0.15) is 34.5 Å². The Morgan fingerprint density at radius 1 is 1.12 bits per heavy atom. The third-order valence-corrected chi connectivity index (χ3v) is 7.43. The smallest absolute Gasteiger partial charge is 0.269 e. The zero-order valence-corrected chi connectivity index (χ0v) is 22.4. The van der Waals surface area contributed by atoms with E-state index in [1.165, 1.54) is 23.0 Å². The molecule has 3 amide bonds. The molecule has 4 heterocycles. The van der Waals surface area contributed by atoms with Crippen LogP contribution in [0.25, 0.3) is 10.9 Å². The van der Waals surface area contributed by atoms with Crippen LogP contribution in [-0.4, -0.2) is 54.5 Å². The molecule has 6 rings (SSSR count). The van der Waals surface area contributed by atoms with Crippen LogP contribution in [0.5, 0.6) is 0 Å². The van der Waals surface area contributed by atoms with Gasteiger partial charge in [0, 0.05) is 29.3 Å². The molecule has 0 spiro atoms. The molecule has 3 atom stereocenters. The topological polar surface area (TPSA) is 136 Å². The van der Waals surface area contributed by atoms with Crippen LogP contribution in [0.1, 0.15) is 34.6 Å². The van der Waals surface area contributed by atoms with Gasteiger partial charge >= 0.3 is 0 Å². The minimum absolute atomic E-state index is 0.00364. The summed E-state index contributed by atoms with van der Waals surface area (Å²) < 4.78 is 15.4. The van der Waals surface area contributed by atoms with E-state index in [9.17, 15) is 18.8 Å². The second kappa shape index (κ2) is 10.2. The molecule has 0 unspecified atom stereocenters. The fraction of sp³-hybridized carbons (Fsp3) is 0.214. The standard InChI is InChI=1S/C28H21BrFN7O3/c29-23-2-1-3-24(33-23)34-28(40)22-12-16-11-21(16)37(22)25(38)14-36-20-7-5-15(10-19(20)26(35-36)27(31)39)4-6-18-13-17(30)8-9-32-18/h1-3,5,7-10,13,16,21-22H,11-12,14H2,(H2,31,39)(H,33,34,40)/t16-,21-,22+/m1/s1. The van der Waals surface area contributed by atoms with Crippen LogP contribution >= 0.6 is 15.9 Å². The minimum atomic E-state index is -0.754. The van der Waals surface area contributed by atoms with E-state index in [1.54, 1.807) is 41.3 Å². The number of carbonyl (C=O) groups is 3. The third-order valence-electron chi connectivity index (χ3n) is 6.99. The number of anilines is 1. The highest BCUT2D eigenvalue weighted by Gasteiger charge is 2.56. The van der Waals surface area contributed by atoms with Crippen LogP contribution in [0.2, 0.25) is 0 Å². The molecule has 3 N–H and O–H groups in total. The van der Waals surface area contributed by atoms with Crippen LogP contribution in [0.3, 0.4) is 0 Å². The molecule has 2 fully saturated rings. The van der Waals surface area contributed by atoms with Gasteiger partial charge in [-0.15, -0.1) is 0 Å². The molecular weight excluding hydrogens is 581 g/mol. The van der Waals surface area contributed by atoms with Gasteiger partial charge in [-0.3, -0.25) is 19.1 Å². The molecule has 1 aliphatic carbocycles. The van der Waals surface area contributed by atoms with Crippen molar-refractivity contribution < 1.29 is 18.8 Å². The van der Waals surface area contributed by atoms with Gasteiger partial charge in [-0.25, -0.2) is 14.4 Å². The molecular formula is C28H21BrFN7O3. The SMILES string of the molecule is NC(=O)c1nn(CC(=O)N2[C@@H]3C[C@@H]3C[C@H]2C(=O)Nc2cccc(Br)n2)c2ccc(C#Cc3cc(F)ccn3)cc12. The molecule has 4 aromatic rings. The Morgan fingerprint density at radius 3 is 2.75 bits per heavy atom. The first-order valence-corrected chi connectivity index (χ1v) is 13.2. The minimum Gasteiger partial charge on any atom is -0.364 e. The van der Waals surface area contributed by atoms with E-state index in [1.807, 2.05) is 0 Å². The van der Waals surface area contributed by atoms with Gasteiger partial charge in [0.25, 0.3) is 5.91 Å². The second-order valence-corrected chi connectivity index (χ2v) is 10.5. The maximum absolute atomic E-state index is 13.5. The van der Waals surface area contributed by atoms with Crippen LogP contribution in [0, 0.1) is 23.6 Å². The predicted molar refractivity (Wildman–Crippen MR) is 146 cm³/mol. The lowest BCUT2D eigenvalue weighted by atomic mass is 10.1. The van der Waals surface area contributed by atoms with Gasteiger partial charge in [0.05, 0.1) is 5.52 Å². The summed E-state index contributed by atoms with van der Waals surface area (Å²) in [6.45, 7) is -0.176. The fourth-order valence-electron chi connectivity index (χ4n) is 5.12. The highest BCUT2D eigenvalue weighted by atomic mass is 79.9. The molecule has 1 aromatic carbocycles. The number of hydrogen-bond donors (Lipinski definition) is 2. The molecule has 2 aliphatic rings. The Balaban J connectivity index is 1.25. The number of piperidine rings is 1. The molecule has 1 aliphatic heterocycles. The van der Waals surface area contributed by atoms with Crippen LogP contribution in [-0.2, 0) is 16.1 Å². The van der Waals surface area contributed by atoms with Gasteiger partial charge < -0.3 is 16.0 Å². The lowest BCUT2D eigenvalue weighted by molar-refractivity contribution is -0.138. The van der Waals surface area contributed by atoms with Crippen molar-refractivity contribution in [2.75, 3.05) is 5.32 Å². The third kappa shape index (κ3) is 5.03. The molecule has 1 saturated heterocycles. The zero-order valence-electron chi connectivity index (χ0n) is 20.8. The fourth-order valence-corrected chi connectivity index (χ4v) is 5.46. The summed E-state index contributed by atoms with van der Waals surface area (Å²) in [6.07, 6.45) is 2.74. The van der Waals surface area contributed by atoms with Crippen molar-refractivity contribution in [3.8, 4) is 11.8 Å². The van der Waals surface area contributed by atoms with Gasteiger partial charge in [-0.05, 0) is 77.0 Å². The van der Waals surface area contributed by atoms with E-state index in [0.29, 0.717) is 33.3 Å². The monoisotopic (exact) mass is 601 g/mol. The lowest BCUT2D eigenvalue weighted by Crippen LogP contribution is -2.46. The number of nitrogens with two attached hydrogens (primary N) is 1. The van der Waals surface area contributed by atoms with Gasteiger partial charge in [0.2, 0.25) is 11.8 Å². The summed E-state index contributed by atoms with van der Waals surface area (Å²) in [5.41, 5.74) is 6.90. The van der Waals surface area contributed by atoms with Crippen molar-refractivity contribution in [3.63, 3.8) is 0 Å². The van der Waals surface area contributed by atoms with E-state index in [2.05, 4.69) is 48.2 Å². The zero-order chi connectivity index (χ0) is 28.0. The van der Waals surface area contributed by atoms with Crippen molar-refractivity contribution in [1.29, 1.82) is 0 Å². The number of hydrogen-bond acceptors (Lipinski definition) is 6. The second-order valence-electron chi connectivity index (χ2n) is 9.66. The number of pyridine rings is 2. The van der Waals surface area contributed by atoms with Crippen molar-refractivity contribution in [3.05, 3.63) is 82.1 Å². The van der Waals surface area contributed by atoms with Gasteiger partial charge in [-0.1, -0.05) is 12.0 Å². The first kappa shape index (κ1) is 25.6. The summed E-state index contributed by atoms with van der Waals surface area (Å²) in [6, 6.07) is 12.0. The molecule has 12 heteroatoms. The first-order valence-electron chi connectivity index (χ1n) is 12.5. The maximum Gasteiger partial charge on any atom is 0.269 e. The molecule has 3 aromatic heterocycles. The number of amides is 3. The molecule has 200 valence electrons. The van der Waals surface area contributed by atoms with Crippen LogP contribution < -0.4 is 11.1 Å². The van der Waals surface area contributed by atoms with Crippen molar-refractivity contribution in [2.24, 2.45) is 11.7 Å². The normalized spacial score (nSPS) is 19.1. The molecule has 1 saturated carbocycles. The van der Waals surface area contributed by atoms with E-state index in [0.717, 1.165) is 6.42 Å². The highest BCUT2D eigenvalue weighted by Crippen LogP contribution is 2.48. The van der Waals surface area contributed by atoms with Crippen molar-refractivity contribution in [1.82, 2.24) is 24.6 Å².